The first-order valence-corrected chi connectivity index (χ1v) is 5.72. The molecule has 0 saturated carbocycles. The van der Waals surface area contributed by atoms with Crippen molar-refractivity contribution in [3.63, 3.8) is 0 Å². The zero-order valence-electron chi connectivity index (χ0n) is 9.38. The van der Waals surface area contributed by atoms with Crippen LogP contribution in [0.15, 0.2) is 0 Å². The van der Waals surface area contributed by atoms with E-state index >= 15 is 0 Å². The number of hydrogen-bond acceptors (Lipinski definition) is 2. The van der Waals surface area contributed by atoms with Crippen molar-refractivity contribution in [1.29, 1.82) is 0 Å². The Morgan fingerprint density at radius 3 is 3.07 bits per heavy atom. The highest BCUT2D eigenvalue weighted by Crippen LogP contribution is 2.10. The SMILES string of the molecule is C#CCC(CC)NC(=O)[C@@H]1CCCNC1. The Hall–Kier alpha value is -1.01. The van der Waals surface area contributed by atoms with Crippen molar-refractivity contribution in [3.05, 3.63) is 0 Å². The molecule has 0 aromatic carbocycles. The standard InChI is InChI=1S/C12H20N2O/c1-3-6-11(4-2)14-12(15)10-7-5-8-13-9-10/h1,10-11,13H,4-9H2,2H3,(H,14,15)/t10-,11?/m1/s1. The summed E-state index contributed by atoms with van der Waals surface area (Å²) in [6, 6.07) is 0.143. The molecule has 1 heterocycles. The molecule has 84 valence electrons. The largest absolute Gasteiger partial charge is 0.352 e. The predicted molar refractivity (Wildman–Crippen MR) is 61.3 cm³/mol. The Bertz CT molecular complexity index is 238. The minimum absolute atomic E-state index is 0.130. The molecule has 1 amide bonds. The van der Waals surface area contributed by atoms with Crippen LogP contribution in [0.2, 0.25) is 0 Å². The van der Waals surface area contributed by atoms with E-state index in [1.807, 2.05) is 6.92 Å². The third-order valence-corrected chi connectivity index (χ3v) is 2.87. The van der Waals surface area contributed by atoms with Gasteiger partial charge in [0.1, 0.15) is 0 Å². The molecule has 3 nitrogen and oxygen atoms in total. The molecule has 1 saturated heterocycles. The van der Waals surface area contributed by atoms with Gasteiger partial charge in [-0.2, -0.15) is 0 Å². The van der Waals surface area contributed by atoms with Gasteiger partial charge in [-0.3, -0.25) is 4.79 Å². The number of carbonyl (C=O) groups is 1. The van der Waals surface area contributed by atoms with Gasteiger partial charge < -0.3 is 10.6 Å². The maximum atomic E-state index is 11.8. The van der Waals surface area contributed by atoms with Crippen LogP contribution in [0.5, 0.6) is 0 Å². The smallest absolute Gasteiger partial charge is 0.224 e. The molecule has 3 heteroatoms. The molecule has 0 spiro atoms. The van der Waals surface area contributed by atoms with Crippen LogP contribution < -0.4 is 10.6 Å². The van der Waals surface area contributed by atoms with Gasteiger partial charge in [0.05, 0.1) is 5.92 Å². The molecular formula is C12H20N2O. The summed E-state index contributed by atoms with van der Waals surface area (Å²) in [5.74, 6) is 2.88. The van der Waals surface area contributed by atoms with E-state index in [9.17, 15) is 4.79 Å². The van der Waals surface area contributed by atoms with Crippen molar-refractivity contribution in [2.75, 3.05) is 13.1 Å². The number of carbonyl (C=O) groups excluding carboxylic acids is 1. The van der Waals surface area contributed by atoms with Crippen LogP contribution in [-0.2, 0) is 4.79 Å². The third kappa shape index (κ3) is 3.93. The van der Waals surface area contributed by atoms with E-state index in [4.69, 9.17) is 6.42 Å². The third-order valence-electron chi connectivity index (χ3n) is 2.87. The Labute approximate surface area is 92.0 Å². The summed E-state index contributed by atoms with van der Waals surface area (Å²) in [6.45, 7) is 3.88. The zero-order valence-corrected chi connectivity index (χ0v) is 9.38. The second kappa shape index (κ2) is 6.47. The summed E-state index contributed by atoms with van der Waals surface area (Å²) in [5, 5.41) is 6.25. The number of rotatable bonds is 4. The molecule has 1 unspecified atom stereocenters. The van der Waals surface area contributed by atoms with E-state index in [-0.39, 0.29) is 17.9 Å². The van der Waals surface area contributed by atoms with Crippen molar-refractivity contribution in [1.82, 2.24) is 10.6 Å². The summed E-state index contributed by atoms with van der Waals surface area (Å²) in [5.41, 5.74) is 0. The summed E-state index contributed by atoms with van der Waals surface area (Å²) >= 11 is 0. The Kier molecular flexibility index (Phi) is 5.20. The maximum absolute atomic E-state index is 11.8. The second-order valence-electron chi connectivity index (χ2n) is 4.07. The van der Waals surface area contributed by atoms with Crippen LogP contribution in [0, 0.1) is 18.3 Å². The van der Waals surface area contributed by atoms with E-state index < -0.39 is 0 Å². The van der Waals surface area contributed by atoms with Crippen LogP contribution in [0.25, 0.3) is 0 Å². The van der Waals surface area contributed by atoms with E-state index in [0.29, 0.717) is 6.42 Å². The second-order valence-corrected chi connectivity index (χ2v) is 4.07. The van der Waals surface area contributed by atoms with Gasteiger partial charge in [0.15, 0.2) is 0 Å². The molecule has 0 aromatic heterocycles. The fourth-order valence-electron chi connectivity index (χ4n) is 1.83. The molecule has 0 bridgehead atoms. The van der Waals surface area contributed by atoms with Crippen LogP contribution in [0.1, 0.15) is 32.6 Å². The molecule has 1 rings (SSSR count). The van der Waals surface area contributed by atoms with Crippen molar-refractivity contribution in [2.24, 2.45) is 5.92 Å². The first-order chi connectivity index (χ1) is 7.27. The van der Waals surface area contributed by atoms with Gasteiger partial charge in [-0.15, -0.1) is 12.3 Å². The van der Waals surface area contributed by atoms with E-state index in [1.165, 1.54) is 0 Å². The number of terminal acetylenes is 1. The van der Waals surface area contributed by atoms with Gasteiger partial charge in [-0.05, 0) is 25.8 Å². The zero-order chi connectivity index (χ0) is 11.1. The molecule has 1 aliphatic rings. The summed E-state index contributed by atoms with van der Waals surface area (Å²) in [7, 11) is 0. The molecule has 0 aliphatic carbocycles. The lowest BCUT2D eigenvalue weighted by Crippen LogP contribution is -2.44. The van der Waals surface area contributed by atoms with Crippen molar-refractivity contribution < 1.29 is 4.79 Å². The van der Waals surface area contributed by atoms with Crippen molar-refractivity contribution >= 4 is 5.91 Å². The molecule has 2 N–H and O–H groups in total. The fourth-order valence-corrected chi connectivity index (χ4v) is 1.83. The molecule has 2 atom stereocenters. The molecule has 0 aromatic rings. The van der Waals surface area contributed by atoms with E-state index in [0.717, 1.165) is 32.4 Å². The van der Waals surface area contributed by atoms with Gasteiger partial charge in [0, 0.05) is 19.0 Å². The first kappa shape index (κ1) is 12.1. The Balaban J connectivity index is 2.35. The number of piperidine rings is 1. The normalized spacial score (nSPS) is 22.8. The highest BCUT2D eigenvalue weighted by Gasteiger charge is 2.22. The topological polar surface area (TPSA) is 41.1 Å². The van der Waals surface area contributed by atoms with E-state index in [1.54, 1.807) is 0 Å². The highest BCUT2D eigenvalue weighted by atomic mass is 16.1. The Morgan fingerprint density at radius 2 is 2.53 bits per heavy atom. The fraction of sp³-hybridized carbons (Fsp3) is 0.750. The van der Waals surface area contributed by atoms with Crippen LogP contribution in [0.3, 0.4) is 0 Å². The molecule has 1 fully saturated rings. The van der Waals surface area contributed by atoms with Gasteiger partial charge in [-0.1, -0.05) is 6.92 Å². The number of nitrogens with one attached hydrogen (secondary N) is 2. The van der Waals surface area contributed by atoms with Gasteiger partial charge in [0.25, 0.3) is 0 Å². The minimum atomic E-state index is 0.130. The summed E-state index contributed by atoms with van der Waals surface area (Å²) < 4.78 is 0. The van der Waals surface area contributed by atoms with E-state index in [2.05, 4.69) is 16.6 Å². The van der Waals surface area contributed by atoms with Crippen LogP contribution >= 0.6 is 0 Å². The summed E-state index contributed by atoms with van der Waals surface area (Å²) in [6.07, 6.45) is 8.85. The lowest BCUT2D eigenvalue weighted by molar-refractivity contribution is -0.126. The lowest BCUT2D eigenvalue weighted by Gasteiger charge is -2.24. The highest BCUT2D eigenvalue weighted by molar-refractivity contribution is 5.79. The monoisotopic (exact) mass is 208 g/mol. The average Bonchev–Trinajstić information content (AvgIpc) is 2.29. The predicted octanol–water partition coefficient (Wildman–Crippen LogP) is 0.904. The Morgan fingerprint density at radius 1 is 1.73 bits per heavy atom. The van der Waals surface area contributed by atoms with Gasteiger partial charge in [0.2, 0.25) is 5.91 Å². The van der Waals surface area contributed by atoms with Gasteiger partial charge >= 0.3 is 0 Å². The molecular weight excluding hydrogens is 188 g/mol. The van der Waals surface area contributed by atoms with Gasteiger partial charge in [-0.25, -0.2) is 0 Å². The minimum Gasteiger partial charge on any atom is -0.352 e. The molecule has 15 heavy (non-hydrogen) atoms. The molecule has 0 radical (unpaired) electrons. The average molecular weight is 208 g/mol. The maximum Gasteiger partial charge on any atom is 0.224 e. The van der Waals surface area contributed by atoms with Crippen molar-refractivity contribution in [3.8, 4) is 12.3 Å². The van der Waals surface area contributed by atoms with Crippen molar-refractivity contribution in [2.45, 2.75) is 38.6 Å². The van der Waals surface area contributed by atoms with Crippen LogP contribution in [-0.4, -0.2) is 25.0 Å². The quantitative estimate of drug-likeness (QED) is 0.674. The first-order valence-electron chi connectivity index (χ1n) is 5.72. The number of amides is 1. The summed E-state index contributed by atoms with van der Waals surface area (Å²) in [4.78, 5) is 11.8. The molecule has 1 aliphatic heterocycles. The number of hydrogen-bond donors (Lipinski definition) is 2. The van der Waals surface area contributed by atoms with Crippen LogP contribution in [0.4, 0.5) is 0 Å². The lowest BCUT2D eigenvalue weighted by atomic mass is 9.98.